The monoisotopic (exact) mass is 380 g/mol. The lowest BCUT2D eigenvalue weighted by Gasteiger charge is -2.13. The van der Waals surface area contributed by atoms with E-state index in [-0.39, 0.29) is 11.4 Å². The second-order valence-electron chi connectivity index (χ2n) is 5.67. The van der Waals surface area contributed by atoms with Crippen molar-refractivity contribution in [2.24, 2.45) is 0 Å². The summed E-state index contributed by atoms with van der Waals surface area (Å²) in [4.78, 5) is 12.9. The molecule has 2 aromatic rings. The zero-order valence-electron chi connectivity index (χ0n) is 13.4. The Hall–Kier alpha value is -1.53. The molecule has 0 bridgehead atoms. The van der Waals surface area contributed by atoms with Gasteiger partial charge in [0.15, 0.2) is 0 Å². The minimum absolute atomic E-state index is 0.0484. The maximum absolute atomic E-state index is 12.9. The molecule has 0 spiro atoms. The number of hydrogen-bond donors (Lipinski definition) is 1. The standard InChI is InChI=1S/C17H21BrN2O3/c1-3-11-9-13(18)10-12(4-2)14(11)15-16(21)19-5-7-23-8-6-20(19)17(15)22/h9-10,21H,3-8H2,1-2H3. The van der Waals surface area contributed by atoms with Crippen LogP contribution in [0.1, 0.15) is 25.0 Å². The second kappa shape index (κ2) is 6.53. The number of nitrogens with zero attached hydrogens (tertiary/aromatic N) is 2. The molecule has 0 radical (unpaired) electrons. The van der Waals surface area contributed by atoms with Crippen molar-refractivity contribution in [2.75, 3.05) is 13.2 Å². The van der Waals surface area contributed by atoms with Gasteiger partial charge in [0.05, 0.1) is 26.3 Å². The number of benzene rings is 1. The van der Waals surface area contributed by atoms with Crippen molar-refractivity contribution < 1.29 is 9.84 Å². The number of aromatic hydroxyl groups is 1. The van der Waals surface area contributed by atoms with Crippen LogP contribution in [0.25, 0.3) is 11.1 Å². The minimum Gasteiger partial charge on any atom is -0.493 e. The first-order valence-electron chi connectivity index (χ1n) is 8.00. The molecular formula is C17H21BrN2O3. The highest BCUT2D eigenvalue weighted by atomic mass is 79.9. The fourth-order valence-electron chi connectivity index (χ4n) is 3.25. The Kier molecular flexibility index (Phi) is 4.64. The SMILES string of the molecule is CCc1cc(Br)cc(CC)c1-c1c(O)n2n(c1=O)CCOCC2. The van der Waals surface area contributed by atoms with E-state index in [9.17, 15) is 9.90 Å². The molecular weight excluding hydrogens is 360 g/mol. The van der Waals surface area contributed by atoms with Crippen LogP contribution in [-0.2, 0) is 30.7 Å². The van der Waals surface area contributed by atoms with Crippen LogP contribution >= 0.6 is 15.9 Å². The topological polar surface area (TPSA) is 56.4 Å². The molecule has 1 aromatic heterocycles. The van der Waals surface area contributed by atoms with Crippen molar-refractivity contribution in [1.29, 1.82) is 0 Å². The van der Waals surface area contributed by atoms with Crippen molar-refractivity contribution in [3.8, 4) is 17.0 Å². The first kappa shape index (κ1) is 16.3. The summed E-state index contributed by atoms with van der Waals surface area (Å²) in [5, 5.41) is 10.7. The lowest BCUT2D eigenvalue weighted by atomic mass is 9.93. The Morgan fingerprint density at radius 2 is 1.65 bits per heavy atom. The molecule has 5 nitrogen and oxygen atoms in total. The maximum Gasteiger partial charge on any atom is 0.278 e. The van der Waals surface area contributed by atoms with Crippen LogP contribution in [0.5, 0.6) is 5.88 Å². The number of aryl methyl sites for hydroxylation is 2. The molecule has 1 aliphatic rings. The molecule has 0 amide bonds. The van der Waals surface area contributed by atoms with Gasteiger partial charge in [0, 0.05) is 4.47 Å². The Morgan fingerprint density at radius 3 is 2.22 bits per heavy atom. The fraction of sp³-hybridized carbons (Fsp3) is 0.471. The quantitative estimate of drug-likeness (QED) is 0.890. The van der Waals surface area contributed by atoms with E-state index >= 15 is 0 Å². The molecule has 0 fully saturated rings. The highest BCUT2D eigenvalue weighted by molar-refractivity contribution is 9.10. The number of fused-ring (bicyclic) bond motifs is 1. The van der Waals surface area contributed by atoms with Gasteiger partial charge >= 0.3 is 0 Å². The summed E-state index contributed by atoms with van der Waals surface area (Å²) in [6.07, 6.45) is 1.60. The predicted octanol–water partition coefficient (Wildman–Crippen LogP) is 2.94. The molecule has 3 rings (SSSR count). The van der Waals surface area contributed by atoms with Gasteiger partial charge in [-0.2, -0.15) is 0 Å². The summed E-state index contributed by atoms with van der Waals surface area (Å²) in [5.41, 5.74) is 3.31. The smallest absolute Gasteiger partial charge is 0.278 e. The van der Waals surface area contributed by atoms with Crippen molar-refractivity contribution in [3.63, 3.8) is 0 Å². The van der Waals surface area contributed by atoms with Crippen LogP contribution in [0.4, 0.5) is 0 Å². The summed E-state index contributed by atoms with van der Waals surface area (Å²) >= 11 is 3.54. The summed E-state index contributed by atoms with van der Waals surface area (Å²) < 4.78 is 9.64. The highest BCUT2D eigenvalue weighted by Gasteiger charge is 2.25. The van der Waals surface area contributed by atoms with E-state index in [4.69, 9.17) is 4.74 Å². The number of aromatic nitrogens is 2. The van der Waals surface area contributed by atoms with Crippen molar-refractivity contribution >= 4 is 15.9 Å². The van der Waals surface area contributed by atoms with Gasteiger partial charge in [-0.25, -0.2) is 9.36 Å². The molecule has 23 heavy (non-hydrogen) atoms. The molecule has 0 aliphatic carbocycles. The van der Waals surface area contributed by atoms with E-state index in [0.29, 0.717) is 31.9 Å². The summed E-state index contributed by atoms with van der Waals surface area (Å²) in [5.74, 6) is 0.0484. The van der Waals surface area contributed by atoms with Crippen molar-refractivity contribution in [1.82, 2.24) is 9.36 Å². The normalized spacial score (nSPS) is 14.6. The zero-order valence-corrected chi connectivity index (χ0v) is 15.0. The van der Waals surface area contributed by atoms with E-state index in [1.807, 2.05) is 12.1 Å². The third kappa shape index (κ3) is 2.74. The number of hydrogen-bond acceptors (Lipinski definition) is 3. The Balaban J connectivity index is 2.30. The van der Waals surface area contributed by atoms with Crippen LogP contribution in [0.15, 0.2) is 21.4 Å². The molecule has 1 aromatic carbocycles. The average Bonchev–Trinajstić information content (AvgIpc) is 2.74. The number of halogens is 1. The third-order valence-electron chi connectivity index (χ3n) is 4.38. The van der Waals surface area contributed by atoms with Gasteiger partial charge in [0.2, 0.25) is 5.88 Å². The lowest BCUT2D eigenvalue weighted by molar-refractivity contribution is 0.137. The minimum atomic E-state index is -0.139. The van der Waals surface area contributed by atoms with E-state index in [2.05, 4.69) is 29.8 Å². The van der Waals surface area contributed by atoms with Gasteiger partial charge in [0.1, 0.15) is 5.56 Å². The zero-order chi connectivity index (χ0) is 16.6. The first-order valence-corrected chi connectivity index (χ1v) is 8.79. The van der Waals surface area contributed by atoms with Gasteiger partial charge in [-0.1, -0.05) is 29.8 Å². The van der Waals surface area contributed by atoms with E-state index in [1.165, 1.54) is 0 Å². The summed E-state index contributed by atoms with van der Waals surface area (Å²) in [7, 11) is 0. The van der Waals surface area contributed by atoms with E-state index in [0.717, 1.165) is 34.0 Å². The number of rotatable bonds is 3. The van der Waals surface area contributed by atoms with E-state index in [1.54, 1.807) is 9.36 Å². The van der Waals surface area contributed by atoms with Crippen LogP contribution < -0.4 is 5.56 Å². The van der Waals surface area contributed by atoms with Gasteiger partial charge in [-0.05, 0) is 41.7 Å². The van der Waals surface area contributed by atoms with Gasteiger partial charge in [-0.3, -0.25) is 4.79 Å². The van der Waals surface area contributed by atoms with Crippen molar-refractivity contribution in [2.45, 2.75) is 39.8 Å². The summed E-state index contributed by atoms with van der Waals surface area (Å²) in [6.45, 7) is 6.07. The Labute approximate surface area is 143 Å². The molecule has 6 heteroatoms. The predicted molar refractivity (Wildman–Crippen MR) is 93.1 cm³/mol. The van der Waals surface area contributed by atoms with Crippen molar-refractivity contribution in [3.05, 3.63) is 38.1 Å². The van der Waals surface area contributed by atoms with Crippen LogP contribution in [0.2, 0.25) is 0 Å². The molecule has 2 heterocycles. The molecule has 1 aliphatic heterocycles. The lowest BCUT2D eigenvalue weighted by Crippen LogP contribution is -2.23. The van der Waals surface area contributed by atoms with Gasteiger partial charge in [0.25, 0.3) is 5.56 Å². The van der Waals surface area contributed by atoms with E-state index < -0.39 is 0 Å². The molecule has 0 unspecified atom stereocenters. The fourth-order valence-corrected chi connectivity index (χ4v) is 3.81. The molecule has 1 N–H and O–H groups in total. The van der Waals surface area contributed by atoms with Gasteiger partial charge in [-0.15, -0.1) is 0 Å². The average molecular weight is 381 g/mol. The largest absolute Gasteiger partial charge is 0.493 e. The summed E-state index contributed by atoms with van der Waals surface area (Å²) in [6, 6.07) is 4.06. The van der Waals surface area contributed by atoms with Gasteiger partial charge < -0.3 is 9.84 Å². The van der Waals surface area contributed by atoms with Crippen LogP contribution in [-0.4, -0.2) is 27.7 Å². The highest BCUT2D eigenvalue weighted by Crippen LogP contribution is 2.35. The van der Waals surface area contributed by atoms with Crippen LogP contribution in [0.3, 0.4) is 0 Å². The first-order chi connectivity index (χ1) is 11.1. The molecule has 0 saturated heterocycles. The Morgan fingerprint density at radius 1 is 1.09 bits per heavy atom. The Bertz CT molecular complexity index is 767. The molecule has 0 saturated carbocycles. The molecule has 0 atom stereocenters. The van der Waals surface area contributed by atoms with Crippen LogP contribution in [0, 0.1) is 0 Å². The second-order valence-corrected chi connectivity index (χ2v) is 6.58. The number of ether oxygens (including phenoxy) is 1. The maximum atomic E-state index is 12.9. The third-order valence-corrected chi connectivity index (χ3v) is 4.84. The molecule has 124 valence electrons.